The smallest absolute Gasteiger partial charge is 0.263 e. The number of rotatable bonds is 5. The number of piperidine rings is 1. The van der Waals surface area contributed by atoms with Gasteiger partial charge in [0.2, 0.25) is 5.95 Å². The van der Waals surface area contributed by atoms with E-state index in [4.69, 9.17) is 0 Å². The van der Waals surface area contributed by atoms with Gasteiger partial charge < -0.3 is 10.2 Å². The molecule has 0 radical (unpaired) electrons. The molecule has 114 valence electrons. The maximum atomic E-state index is 11.8. The number of nitrogens with one attached hydrogen (secondary N) is 3. The minimum absolute atomic E-state index is 0.165. The second-order valence-electron chi connectivity index (χ2n) is 5.85. The lowest BCUT2D eigenvalue weighted by Crippen LogP contribution is -2.34. The van der Waals surface area contributed by atoms with Gasteiger partial charge >= 0.3 is 0 Å². The Kier molecular flexibility index (Phi) is 4.19. The van der Waals surface area contributed by atoms with Crippen molar-refractivity contribution in [3.63, 3.8) is 0 Å². The van der Waals surface area contributed by atoms with Gasteiger partial charge in [-0.25, -0.2) is 0 Å². The van der Waals surface area contributed by atoms with Crippen molar-refractivity contribution in [3.05, 3.63) is 16.6 Å². The second-order valence-corrected chi connectivity index (χ2v) is 5.85. The SMILES string of the molecule is CC1CCN(CCCNc2nc3[nH]ncc3c(=O)[nH]2)CC1. The van der Waals surface area contributed by atoms with Gasteiger partial charge in [0.25, 0.3) is 5.56 Å². The number of aromatic nitrogens is 4. The Morgan fingerprint density at radius 3 is 3.05 bits per heavy atom. The zero-order valence-corrected chi connectivity index (χ0v) is 12.4. The molecule has 0 bridgehead atoms. The number of nitrogens with zero attached hydrogens (tertiary/aromatic N) is 3. The number of hydrogen-bond donors (Lipinski definition) is 3. The first-order valence-corrected chi connectivity index (χ1v) is 7.62. The van der Waals surface area contributed by atoms with Gasteiger partial charge in [0, 0.05) is 6.54 Å². The molecule has 3 rings (SSSR count). The molecule has 0 spiro atoms. The predicted molar refractivity (Wildman–Crippen MR) is 82.5 cm³/mol. The molecule has 7 heteroatoms. The van der Waals surface area contributed by atoms with E-state index in [1.807, 2.05) is 0 Å². The van der Waals surface area contributed by atoms with Crippen molar-refractivity contribution in [2.75, 3.05) is 31.5 Å². The number of anilines is 1. The Morgan fingerprint density at radius 1 is 1.43 bits per heavy atom. The summed E-state index contributed by atoms with van der Waals surface area (Å²) in [6.45, 7) is 6.63. The molecule has 7 nitrogen and oxygen atoms in total. The van der Waals surface area contributed by atoms with Gasteiger partial charge in [0.05, 0.1) is 6.20 Å². The van der Waals surface area contributed by atoms with E-state index in [0.29, 0.717) is 17.0 Å². The van der Waals surface area contributed by atoms with Crippen LogP contribution in [0.15, 0.2) is 11.0 Å². The number of hydrogen-bond acceptors (Lipinski definition) is 5. The van der Waals surface area contributed by atoms with E-state index >= 15 is 0 Å². The zero-order valence-electron chi connectivity index (χ0n) is 12.4. The first-order chi connectivity index (χ1) is 10.2. The molecule has 1 aliphatic rings. The molecule has 0 unspecified atom stereocenters. The number of fused-ring (bicyclic) bond motifs is 1. The Balaban J connectivity index is 1.47. The summed E-state index contributed by atoms with van der Waals surface area (Å²) in [6, 6.07) is 0. The summed E-state index contributed by atoms with van der Waals surface area (Å²) >= 11 is 0. The van der Waals surface area contributed by atoms with Crippen LogP contribution in [-0.2, 0) is 0 Å². The van der Waals surface area contributed by atoms with Crippen LogP contribution in [0.2, 0.25) is 0 Å². The van der Waals surface area contributed by atoms with Crippen LogP contribution in [0.1, 0.15) is 26.2 Å². The van der Waals surface area contributed by atoms with Gasteiger partial charge in [-0.05, 0) is 44.8 Å². The molecule has 0 amide bonds. The van der Waals surface area contributed by atoms with Crippen LogP contribution in [0.3, 0.4) is 0 Å². The molecule has 21 heavy (non-hydrogen) atoms. The number of H-pyrrole nitrogens is 2. The fraction of sp³-hybridized carbons (Fsp3) is 0.643. The summed E-state index contributed by atoms with van der Waals surface area (Å²) in [4.78, 5) is 21.3. The van der Waals surface area contributed by atoms with Crippen molar-refractivity contribution < 1.29 is 0 Å². The van der Waals surface area contributed by atoms with Crippen molar-refractivity contribution in [2.24, 2.45) is 5.92 Å². The van der Waals surface area contributed by atoms with E-state index < -0.39 is 0 Å². The highest BCUT2D eigenvalue weighted by Crippen LogP contribution is 2.15. The van der Waals surface area contributed by atoms with Crippen molar-refractivity contribution in [1.82, 2.24) is 25.1 Å². The molecular weight excluding hydrogens is 268 g/mol. The molecular formula is C14H22N6O. The molecule has 0 atom stereocenters. The van der Waals surface area contributed by atoms with Gasteiger partial charge in [0.15, 0.2) is 5.65 Å². The second kappa shape index (κ2) is 6.26. The maximum absolute atomic E-state index is 11.8. The highest BCUT2D eigenvalue weighted by molar-refractivity contribution is 5.73. The molecule has 0 aliphatic carbocycles. The summed E-state index contributed by atoms with van der Waals surface area (Å²) in [5, 5.41) is 10.2. The Morgan fingerprint density at radius 2 is 2.24 bits per heavy atom. The highest BCUT2D eigenvalue weighted by Gasteiger charge is 2.14. The normalized spacial score (nSPS) is 17.4. The Hall–Kier alpha value is -1.89. The summed E-state index contributed by atoms with van der Waals surface area (Å²) in [5.74, 6) is 1.37. The monoisotopic (exact) mass is 290 g/mol. The van der Waals surface area contributed by atoms with Crippen LogP contribution in [0.4, 0.5) is 5.95 Å². The van der Waals surface area contributed by atoms with Crippen molar-refractivity contribution >= 4 is 17.0 Å². The van der Waals surface area contributed by atoms with E-state index in [0.717, 1.165) is 25.4 Å². The van der Waals surface area contributed by atoms with E-state index in [9.17, 15) is 4.79 Å². The molecule has 3 N–H and O–H groups in total. The van der Waals surface area contributed by atoms with E-state index in [1.165, 1.54) is 32.1 Å². The summed E-state index contributed by atoms with van der Waals surface area (Å²) in [7, 11) is 0. The molecule has 2 aromatic heterocycles. The van der Waals surface area contributed by atoms with Crippen LogP contribution in [-0.4, -0.2) is 51.2 Å². The standard InChI is InChI=1S/C14H22N6O/c1-10-3-7-20(8-4-10)6-2-5-15-14-17-12-11(9-16-19-12)13(21)18-14/h9-10H,2-8H2,1H3,(H3,15,16,17,18,19,21). The van der Waals surface area contributed by atoms with Gasteiger partial charge in [-0.3, -0.25) is 14.9 Å². The first kappa shape index (κ1) is 14.1. The molecule has 2 aromatic rings. The Bertz CT molecular complexity index is 640. The van der Waals surface area contributed by atoms with E-state index in [-0.39, 0.29) is 5.56 Å². The van der Waals surface area contributed by atoms with Crippen LogP contribution >= 0.6 is 0 Å². The Labute approximate surface area is 123 Å². The third kappa shape index (κ3) is 3.41. The minimum Gasteiger partial charge on any atom is -0.356 e. The summed E-state index contributed by atoms with van der Waals surface area (Å²) in [5.41, 5.74) is 0.354. The average Bonchev–Trinajstić information content (AvgIpc) is 2.94. The average molecular weight is 290 g/mol. The first-order valence-electron chi connectivity index (χ1n) is 7.62. The van der Waals surface area contributed by atoms with Crippen molar-refractivity contribution in [2.45, 2.75) is 26.2 Å². The molecule has 3 heterocycles. The zero-order chi connectivity index (χ0) is 14.7. The summed E-state index contributed by atoms with van der Waals surface area (Å²) in [6.07, 6.45) is 5.14. The highest BCUT2D eigenvalue weighted by atomic mass is 16.1. The van der Waals surface area contributed by atoms with Gasteiger partial charge in [-0.15, -0.1) is 0 Å². The van der Waals surface area contributed by atoms with Crippen LogP contribution in [0.25, 0.3) is 11.0 Å². The predicted octanol–water partition coefficient (Wildman–Crippen LogP) is 1.18. The van der Waals surface area contributed by atoms with Gasteiger partial charge in [-0.2, -0.15) is 10.1 Å². The fourth-order valence-electron chi connectivity index (χ4n) is 2.72. The topological polar surface area (TPSA) is 89.7 Å². The van der Waals surface area contributed by atoms with E-state index in [1.54, 1.807) is 0 Å². The third-order valence-corrected chi connectivity index (χ3v) is 4.14. The molecule has 1 fully saturated rings. The van der Waals surface area contributed by atoms with Crippen LogP contribution < -0.4 is 10.9 Å². The van der Waals surface area contributed by atoms with Gasteiger partial charge in [0.1, 0.15) is 5.39 Å². The largest absolute Gasteiger partial charge is 0.356 e. The lowest BCUT2D eigenvalue weighted by atomic mass is 9.99. The van der Waals surface area contributed by atoms with Gasteiger partial charge in [-0.1, -0.05) is 6.92 Å². The third-order valence-electron chi connectivity index (χ3n) is 4.14. The van der Waals surface area contributed by atoms with Crippen molar-refractivity contribution in [1.29, 1.82) is 0 Å². The number of likely N-dealkylation sites (tertiary alicyclic amines) is 1. The molecule has 1 aliphatic heterocycles. The van der Waals surface area contributed by atoms with E-state index in [2.05, 4.69) is 37.3 Å². The van der Waals surface area contributed by atoms with Crippen LogP contribution in [0.5, 0.6) is 0 Å². The van der Waals surface area contributed by atoms with Crippen LogP contribution in [0, 0.1) is 5.92 Å². The molecule has 1 saturated heterocycles. The lowest BCUT2D eigenvalue weighted by molar-refractivity contribution is 0.192. The maximum Gasteiger partial charge on any atom is 0.263 e. The molecule has 0 saturated carbocycles. The fourth-order valence-corrected chi connectivity index (χ4v) is 2.72. The number of aromatic amines is 2. The molecule has 0 aromatic carbocycles. The summed E-state index contributed by atoms with van der Waals surface area (Å²) < 4.78 is 0. The minimum atomic E-state index is -0.165. The van der Waals surface area contributed by atoms with Crippen molar-refractivity contribution in [3.8, 4) is 0 Å². The lowest BCUT2D eigenvalue weighted by Gasteiger charge is -2.30. The quantitative estimate of drug-likeness (QED) is 0.719.